The number of para-hydroxylation sites is 1. The molecule has 10 heteroatoms. The number of likely N-dealkylation sites (N-methyl/N-ethyl adjacent to an activating group) is 1. The molecule has 1 aliphatic rings. The van der Waals surface area contributed by atoms with Crippen LogP contribution in [0.4, 0.5) is 16.6 Å². The number of anilines is 2. The van der Waals surface area contributed by atoms with E-state index >= 15 is 0 Å². The van der Waals surface area contributed by atoms with Crippen LogP contribution < -0.4 is 9.80 Å². The fraction of sp³-hybridized carbons (Fsp3) is 0.217. The second-order valence-electron chi connectivity index (χ2n) is 8.03. The molecule has 0 bridgehead atoms. The molecule has 0 spiro atoms. The Morgan fingerprint density at radius 2 is 1.97 bits per heavy atom. The van der Waals surface area contributed by atoms with Crippen LogP contribution in [-0.2, 0) is 4.79 Å². The van der Waals surface area contributed by atoms with Crippen LogP contribution in [0.3, 0.4) is 0 Å². The summed E-state index contributed by atoms with van der Waals surface area (Å²) < 4.78 is 1.71. The highest BCUT2D eigenvalue weighted by Crippen LogP contribution is 2.42. The van der Waals surface area contributed by atoms with Crippen molar-refractivity contribution in [2.45, 2.75) is 9.79 Å². The van der Waals surface area contributed by atoms with E-state index in [1.54, 1.807) is 24.2 Å². The summed E-state index contributed by atoms with van der Waals surface area (Å²) in [4.78, 5) is 29.8. The first-order valence-corrected chi connectivity index (χ1v) is 12.9. The molecule has 168 valence electrons. The summed E-state index contributed by atoms with van der Waals surface area (Å²) in [5.74, 6) is 0.755. The van der Waals surface area contributed by atoms with Crippen LogP contribution in [0.15, 0.2) is 69.1 Å². The van der Waals surface area contributed by atoms with Crippen molar-refractivity contribution in [1.82, 2.24) is 24.3 Å². The SMILES string of the molecule is C[N+]1(c2ccccc2Sc2cc(Br)cnc2Nc2nc3cccnc3s2)CCN(C=O)CC1. The monoisotopic (exact) mass is 541 g/mol. The van der Waals surface area contributed by atoms with Gasteiger partial charge in [-0.05, 0) is 40.2 Å². The second kappa shape index (κ2) is 9.38. The first-order valence-electron chi connectivity index (χ1n) is 10.5. The molecule has 0 radical (unpaired) electrons. The number of hydrogen-bond donors (Lipinski definition) is 1. The van der Waals surface area contributed by atoms with Crippen LogP contribution >= 0.6 is 39.0 Å². The Balaban J connectivity index is 1.45. The zero-order valence-corrected chi connectivity index (χ0v) is 21.2. The van der Waals surface area contributed by atoms with Crippen molar-refractivity contribution in [3.8, 4) is 0 Å². The summed E-state index contributed by atoms with van der Waals surface area (Å²) >= 11 is 6.77. The number of fused-ring (bicyclic) bond motifs is 1. The van der Waals surface area contributed by atoms with Gasteiger partial charge in [0.1, 0.15) is 34.9 Å². The number of halogens is 1. The molecule has 1 amide bonds. The molecule has 0 atom stereocenters. The highest BCUT2D eigenvalue weighted by Gasteiger charge is 2.32. The van der Waals surface area contributed by atoms with Crippen molar-refractivity contribution in [2.24, 2.45) is 0 Å². The lowest BCUT2D eigenvalue weighted by molar-refractivity contribution is -0.119. The van der Waals surface area contributed by atoms with Crippen LogP contribution in [0.25, 0.3) is 10.3 Å². The van der Waals surface area contributed by atoms with E-state index in [-0.39, 0.29) is 0 Å². The minimum absolute atomic E-state index is 0.755. The number of nitrogens with zero attached hydrogens (tertiary/aromatic N) is 5. The van der Waals surface area contributed by atoms with Crippen LogP contribution in [0.2, 0.25) is 0 Å². The molecule has 1 saturated heterocycles. The normalized spacial score (nSPS) is 15.5. The van der Waals surface area contributed by atoms with Gasteiger partial charge in [0.15, 0.2) is 5.13 Å². The van der Waals surface area contributed by atoms with Crippen LogP contribution in [0.1, 0.15) is 0 Å². The molecule has 4 heterocycles. The van der Waals surface area contributed by atoms with Gasteiger partial charge in [-0.1, -0.05) is 35.2 Å². The summed E-state index contributed by atoms with van der Waals surface area (Å²) in [5, 5.41) is 4.16. The van der Waals surface area contributed by atoms with Gasteiger partial charge in [-0.25, -0.2) is 15.0 Å². The van der Waals surface area contributed by atoms with E-state index in [0.29, 0.717) is 0 Å². The van der Waals surface area contributed by atoms with Gasteiger partial charge >= 0.3 is 0 Å². The van der Waals surface area contributed by atoms with Crippen molar-refractivity contribution in [3.05, 3.63) is 59.3 Å². The lowest BCUT2D eigenvalue weighted by atomic mass is 10.2. The van der Waals surface area contributed by atoms with E-state index < -0.39 is 0 Å². The highest BCUT2D eigenvalue weighted by molar-refractivity contribution is 9.10. The zero-order valence-electron chi connectivity index (χ0n) is 17.9. The molecule has 1 fully saturated rings. The number of nitrogens with one attached hydrogen (secondary N) is 1. The maximum atomic E-state index is 11.2. The van der Waals surface area contributed by atoms with Crippen molar-refractivity contribution >= 4 is 72.4 Å². The minimum Gasteiger partial charge on any atom is -0.334 e. The summed E-state index contributed by atoms with van der Waals surface area (Å²) in [7, 11) is 2.24. The number of rotatable bonds is 6. The van der Waals surface area contributed by atoms with E-state index in [4.69, 9.17) is 0 Å². The molecule has 33 heavy (non-hydrogen) atoms. The number of benzene rings is 1. The average Bonchev–Trinajstić information content (AvgIpc) is 3.24. The van der Waals surface area contributed by atoms with E-state index in [0.717, 1.165) is 67.7 Å². The number of thiazole rings is 1. The quantitative estimate of drug-likeness (QED) is 0.268. The molecule has 0 aliphatic carbocycles. The number of amides is 1. The van der Waals surface area contributed by atoms with Crippen LogP contribution in [-0.4, -0.2) is 59.5 Å². The topological polar surface area (TPSA) is 71.0 Å². The van der Waals surface area contributed by atoms with Gasteiger partial charge in [0.2, 0.25) is 6.41 Å². The van der Waals surface area contributed by atoms with Gasteiger partial charge in [0, 0.05) is 22.9 Å². The number of carbonyl (C=O) groups excluding carboxylic acids is 1. The third kappa shape index (κ3) is 4.74. The number of piperazine rings is 1. The number of quaternary nitrogens is 1. The van der Waals surface area contributed by atoms with Gasteiger partial charge in [0.05, 0.1) is 29.9 Å². The van der Waals surface area contributed by atoms with Crippen LogP contribution in [0, 0.1) is 0 Å². The first-order chi connectivity index (χ1) is 16.0. The lowest BCUT2D eigenvalue weighted by Crippen LogP contribution is -2.58. The summed E-state index contributed by atoms with van der Waals surface area (Å²) in [6.07, 6.45) is 4.52. The summed E-state index contributed by atoms with van der Waals surface area (Å²) in [6.45, 7) is 3.29. The second-order valence-corrected chi connectivity index (χ2v) is 11.0. The third-order valence-electron chi connectivity index (χ3n) is 5.79. The Labute approximate surface area is 208 Å². The van der Waals surface area contributed by atoms with Gasteiger partial charge < -0.3 is 10.2 Å². The van der Waals surface area contributed by atoms with Gasteiger partial charge in [0.25, 0.3) is 0 Å². The fourth-order valence-electron chi connectivity index (χ4n) is 3.89. The molecule has 4 aromatic rings. The Bertz CT molecular complexity index is 1270. The largest absolute Gasteiger partial charge is 0.334 e. The molecule has 7 nitrogen and oxygen atoms in total. The van der Waals surface area contributed by atoms with Crippen LogP contribution in [0.5, 0.6) is 0 Å². The molecule has 0 saturated carbocycles. The third-order valence-corrected chi connectivity index (χ3v) is 8.21. The standard InChI is InChI=1S/C23H22BrN6OS2/c1-30(11-9-29(15-31)10-12-30)18-6-2-3-7-19(18)32-20-13-16(24)14-26-21(20)28-23-27-17-5-4-8-25-22(17)33-23/h2-8,13-15H,9-12H2,1H3,(H,26,27,28)/q+1. The number of pyridine rings is 2. The van der Waals surface area contributed by atoms with E-state index in [9.17, 15) is 4.79 Å². The fourth-order valence-corrected chi connectivity index (χ4v) is 6.35. The molecular weight excluding hydrogens is 520 g/mol. The van der Waals surface area contributed by atoms with Gasteiger partial charge in [-0.15, -0.1) is 0 Å². The van der Waals surface area contributed by atoms with Crippen molar-refractivity contribution in [2.75, 3.05) is 38.5 Å². The minimum atomic E-state index is 0.755. The first kappa shape index (κ1) is 22.3. The van der Waals surface area contributed by atoms with Gasteiger partial charge in [-0.3, -0.25) is 9.28 Å². The Morgan fingerprint density at radius 1 is 1.15 bits per heavy atom. The maximum absolute atomic E-state index is 11.2. The Kier molecular flexibility index (Phi) is 6.33. The number of carbonyl (C=O) groups is 1. The van der Waals surface area contributed by atoms with E-state index in [1.165, 1.54) is 21.9 Å². The lowest BCUT2D eigenvalue weighted by Gasteiger charge is -2.41. The zero-order chi connectivity index (χ0) is 22.8. The van der Waals surface area contributed by atoms with Crippen molar-refractivity contribution in [3.63, 3.8) is 0 Å². The average molecular weight is 543 g/mol. The van der Waals surface area contributed by atoms with Gasteiger partial charge in [-0.2, -0.15) is 0 Å². The predicted octanol–water partition coefficient (Wildman–Crippen LogP) is 5.15. The van der Waals surface area contributed by atoms with Crippen molar-refractivity contribution in [1.29, 1.82) is 0 Å². The Morgan fingerprint density at radius 3 is 2.76 bits per heavy atom. The highest BCUT2D eigenvalue weighted by atomic mass is 79.9. The number of hydrogen-bond acceptors (Lipinski definition) is 7. The number of aromatic nitrogens is 3. The summed E-state index contributed by atoms with van der Waals surface area (Å²) in [5.41, 5.74) is 2.12. The van der Waals surface area contributed by atoms with E-state index in [2.05, 4.69) is 73.6 Å². The molecule has 1 aromatic carbocycles. The molecule has 1 aliphatic heterocycles. The molecule has 0 unspecified atom stereocenters. The smallest absolute Gasteiger partial charge is 0.210 e. The summed E-state index contributed by atoms with van der Waals surface area (Å²) in [6, 6.07) is 14.4. The molecule has 5 rings (SSSR count). The molecule has 3 aromatic heterocycles. The molecular formula is C23H22BrN6OS2+. The molecule has 1 N–H and O–H groups in total. The maximum Gasteiger partial charge on any atom is 0.210 e. The predicted molar refractivity (Wildman–Crippen MR) is 138 cm³/mol. The van der Waals surface area contributed by atoms with E-state index in [1.807, 2.05) is 17.0 Å². The Hall–Kier alpha value is -2.53. The van der Waals surface area contributed by atoms with Crippen molar-refractivity contribution < 1.29 is 4.79 Å².